The number of nitrogens with one attached hydrogen (secondary N) is 11. The summed E-state index contributed by atoms with van der Waals surface area (Å²) in [5.74, 6) is -0.438. The van der Waals surface area contributed by atoms with Gasteiger partial charge in [-0.3, -0.25) is 49.4 Å². The third kappa shape index (κ3) is 16.0. The number of hydrogen-bond donors (Lipinski definition) is 16. The van der Waals surface area contributed by atoms with E-state index in [0.29, 0.717) is 45.3 Å². The quantitative estimate of drug-likeness (QED) is 0.0324. The molecule has 1 aliphatic rings. The normalized spacial score (nSPS) is 13.9. The molecule has 78 heavy (non-hydrogen) atoms. The van der Waals surface area contributed by atoms with Crippen LogP contribution in [0.3, 0.4) is 0 Å². The van der Waals surface area contributed by atoms with Gasteiger partial charge in [-0.25, -0.2) is 4.99 Å². The third-order valence-corrected chi connectivity index (χ3v) is 15.2. The maximum Gasteiger partial charge on any atom is 0.296 e. The summed E-state index contributed by atoms with van der Waals surface area (Å²) in [6.07, 6.45) is -0.973. The number of aliphatic imine (C=N–C) groups is 2. The minimum absolute atomic E-state index is 0.0231. The zero-order chi connectivity index (χ0) is 56.8. The highest BCUT2D eigenvalue weighted by Gasteiger charge is 2.22. The van der Waals surface area contributed by atoms with Crippen LogP contribution in [0.4, 0.5) is 56.9 Å². The molecular weight excluding hydrogens is 1120 g/mol. The van der Waals surface area contributed by atoms with E-state index in [1.165, 1.54) is 71.7 Å². The second kappa shape index (κ2) is 23.3. The number of hydrazine groups is 4. The second-order valence-electron chi connectivity index (χ2n) is 16.8. The van der Waals surface area contributed by atoms with E-state index in [4.69, 9.17) is 0 Å². The van der Waals surface area contributed by atoms with E-state index in [0.717, 1.165) is 18.2 Å². The maximum atomic E-state index is 12.5. The number of aryl methyl sites for hydroxylation is 2. The Balaban J connectivity index is 1.00. The van der Waals surface area contributed by atoms with Crippen LogP contribution in [0.5, 0.6) is 0 Å². The van der Waals surface area contributed by atoms with Gasteiger partial charge in [0.05, 0.1) is 61.0 Å². The maximum absolute atomic E-state index is 12.5. The molecule has 1 heterocycles. The first-order valence-electron chi connectivity index (χ1n) is 22.3. The SMILES string of the molecule is Cc1cc(NC2=NC(NCCS(=O)(=O)O)NC(Nc3ccc(NNc4ccc(NN(C)c5ccc(S(=O)(=O)O)cc5)cc4S(=O)(=O)O)c(C)c3)=N2)ccc1NNc1ccc(NNc2ccc(S(=O)(=O)O)cc2)cc1S(=O)(=O)O. The van der Waals surface area contributed by atoms with Crippen molar-refractivity contribution in [2.75, 3.05) is 73.0 Å². The van der Waals surface area contributed by atoms with Crippen LogP contribution < -0.4 is 64.3 Å². The molecule has 1 atom stereocenters. The van der Waals surface area contributed by atoms with Gasteiger partial charge in [-0.1, -0.05) is 0 Å². The van der Waals surface area contributed by atoms with Gasteiger partial charge < -0.3 is 37.7 Å². The van der Waals surface area contributed by atoms with Crippen molar-refractivity contribution in [1.29, 1.82) is 0 Å². The van der Waals surface area contributed by atoms with E-state index in [1.807, 2.05) is 0 Å². The van der Waals surface area contributed by atoms with Crippen molar-refractivity contribution < 1.29 is 64.9 Å². The Bertz CT molecular complexity index is 3880. The molecule has 6 aromatic carbocycles. The van der Waals surface area contributed by atoms with Crippen LogP contribution in [0, 0.1) is 13.8 Å². The molecule has 0 aliphatic carbocycles. The number of guanidine groups is 2. The molecule has 0 radical (unpaired) electrons. The van der Waals surface area contributed by atoms with Crippen molar-refractivity contribution in [1.82, 2.24) is 10.6 Å². The van der Waals surface area contributed by atoms with Crippen LogP contribution in [0.15, 0.2) is 151 Å². The minimum Gasteiger partial charge on any atom is -0.326 e. The molecule has 16 N–H and O–H groups in total. The molecule has 0 amide bonds. The second-order valence-corrected chi connectivity index (χ2v) is 24.0. The summed E-state index contributed by atoms with van der Waals surface area (Å²) < 4.78 is 166. The number of anilines is 10. The summed E-state index contributed by atoms with van der Waals surface area (Å²) in [5.41, 5.74) is 24.2. The van der Waals surface area contributed by atoms with Crippen molar-refractivity contribution in [2.24, 2.45) is 9.98 Å². The molecule has 0 aromatic heterocycles. The van der Waals surface area contributed by atoms with Gasteiger partial charge >= 0.3 is 0 Å². The van der Waals surface area contributed by atoms with Crippen LogP contribution in [-0.4, -0.2) is 102 Å². The van der Waals surface area contributed by atoms with Gasteiger partial charge in [-0.15, -0.1) is 0 Å². The zero-order valence-electron chi connectivity index (χ0n) is 40.7. The highest BCUT2D eigenvalue weighted by molar-refractivity contribution is 7.87. The Morgan fingerprint density at radius 1 is 0.500 bits per heavy atom. The Morgan fingerprint density at radius 2 is 0.936 bits per heavy atom. The average molecular weight is 1180 g/mol. The smallest absolute Gasteiger partial charge is 0.296 e. The van der Waals surface area contributed by atoms with Gasteiger partial charge in [0, 0.05) is 25.0 Å². The molecule has 0 fully saturated rings. The molecule has 0 spiro atoms. The van der Waals surface area contributed by atoms with Gasteiger partial charge in [-0.2, -0.15) is 47.1 Å². The van der Waals surface area contributed by atoms with Crippen LogP contribution in [0.1, 0.15) is 11.1 Å². The molecule has 1 unspecified atom stereocenters. The first kappa shape index (κ1) is 57.7. The number of benzene rings is 6. The monoisotopic (exact) mass is 1170 g/mol. The van der Waals surface area contributed by atoms with Crippen molar-refractivity contribution in [3.63, 3.8) is 0 Å². The predicted molar refractivity (Wildman–Crippen MR) is 295 cm³/mol. The van der Waals surface area contributed by atoms with E-state index in [1.54, 1.807) is 57.3 Å². The van der Waals surface area contributed by atoms with Crippen molar-refractivity contribution in [3.8, 4) is 0 Å². The third-order valence-electron chi connectivity index (χ3n) is 10.9. The van der Waals surface area contributed by atoms with Gasteiger partial charge in [0.15, 0.2) is 6.29 Å². The molecule has 0 saturated heterocycles. The fourth-order valence-electron chi connectivity index (χ4n) is 7.08. The van der Waals surface area contributed by atoms with Crippen molar-refractivity contribution >= 4 is 119 Å². The molecule has 7 rings (SSSR count). The summed E-state index contributed by atoms with van der Waals surface area (Å²) in [6.45, 7) is 3.27. The lowest BCUT2D eigenvalue weighted by Crippen LogP contribution is -2.51. The van der Waals surface area contributed by atoms with Crippen LogP contribution in [0.2, 0.25) is 0 Å². The molecule has 0 saturated carbocycles. The van der Waals surface area contributed by atoms with E-state index in [9.17, 15) is 64.9 Å². The lowest BCUT2D eigenvalue weighted by molar-refractivity contribution is 0.469. The summed E-state index contributed by atoms with van der Waals surface area (Å²) in [4.78, 5) is 7.36. The summed E-state index contributed by atoms with van der Waals surface area (Å²) in [7, 11) is -21.1. The topological polar surface area (TPSA) is 432 Å². The standard InChI is InChI=1S/C44H50N14O15S5/c1-26-22-29(6-16-36(26)53-55-38-18-8-31(24-40(38)77(68,69)70)52-51-28-4-12-34(13-5-28)75(62,63)64)46-43-48-42(45-20-21-74(59,60)61)49-44(50-43)47-30-7-17-37(27(2)23-30)54-56-39-19-9-32(25-41(39)78(71,72)73)57-58(3)33-10-14-35(15-11-33)76(65,66)67/h4-19,22-25,42,45,51-57H,20-21H2,1-3H3,(H,59,60,61)(H,62,63,64)(H,65,66,67)(H,68,69,70)(H,71,72,73)(H3,46,47,48,49,50). The van der Waals surface area contributed by atoms with E-state index in [-0.39, 0.29) is 51.0 Å². The minimum atomic E-state index is -4.79. The van der Waals surface area contributed by atoms with E-state index >= 15 is 0 Å². The van der Waals surface area contributed by atoms with Gasteiger partial charge in [0.1, 0.15) is 9.79 Å². The fraction of sp³-hybridized carbons (Fsp3) is 0.136. The lowest BCUT2D eigenvalue weighted by Gasteiger charge is -2.25. The Morgan fingerprint density at radius 3 is 1.44 bits per heavy atom. The Hall–Kier alpha value is -8.03. The predicted octanol–water partition coefficient (Wildman–Crippen LogP) is 4.67. The van der Waals surface area contributed by atoms with E-state index < -0.39 is 72.4 Å². The molecule has 6 aromatic rings. The Kier molecular flexibility index (Phi) is 17.2. The molecular formula is C44H50N14O15S5. The van der Waals surface area contributed by atoms with Gasteiger partial charge in [0.25, 0.3) is 50.6 Å². The number of hydrogen-bond acceptors (Lipinski definition) is 24. The molecule has 1 aliphatic heterocycles. The first-order chi connectivity index (χ1) is 36.5. The number of rotatable bonds is 22. The first-order valence-corrected chi connectivity index (χ1v) is 29.7. The van der Waals surface area contributed by atoms with Crippen molar-refractivity contribution in [2.45, 2.75) is 39.7 Å². The average Bonchev–Trinajstić information content (AvgIpc) is 3.35. The number of nitrogens with zero attached hydrogens (tertiary/aromatic N) is 3. The largest absolute Gasteiger partial charge is 0.326 e. The lowest BCUT2D eigenvalue weighted by atomic mass is 10.2. The highest BCUT2D eigenvalue weighted by atomic mass is 32.2. The van der Waals surface area contributed by atoms with Crippen LogP contribution >= 0.6 is 0 Å². The van der Waals surface area contributed by atoms with E-state index in [2.05, 4.69) is 69.2 Å². The molecule has 416 valence electrons. The van der Waals surface area contributed by atoms with Gasteiger partial charge in [-0.05, 0) is 146 Å². The summed E-state index contributed by atoms with van der Waals surface area (Å²) in [6, 6.07) is 28.3. The molecule has 29 nitrogen and oxygen atoms in total. The van der Waals surface area contributed by atoms with Crippen LogP contribution in [-0.2, 0) is 50.6 Å². The van der Waals surface area contributed by atoms with Crippen molar-refractivity contribution in [3.05, 3.63) is 132 Å². The van der Waals surface area contributed by atoms with Gasteiger partial charge in [0.2, 0.25) is 11.9 Å². The summed E-state index contributed by atoms with van der Waals surface area (Å²) in [5, 5.41) is 13.5. The van der Waals surface area contributed by atoms with Crippen LogP contribution in [0.25, 0.3) is 0 Å². The molecule has 34 heteroatoms. The summed E-state index contributed by atoms with van der Waals surface area (Å²) >= 11 is 0. The Labute approximate surface area is 447 Å². The highest BCUT2D eigenvalue weighted by Crippen LogP contribution is 2.30. The molecule has 0 bridgehead atoms. The zero-order valence-corrected chi connectivity index (χ0v) is 44.8. The fourth-order valence-corrected chi connectivity index (χ4v) is 9.76.